The van der Waals surface area contributed by atoms with E-state index in [1.165, 1.54) is 44.4 Å². The summed E-state index contributed by atoms with van der Waals surface area (Å²) in [6, 6.07) is 7.04. The fraction of sp³-hybridized carbons (Fsp3) is 0.188. The molecule has 0 saturated carbocycles. The summed E-state index contributed by atoms with van der Waals surface area (Å²) in [5.41, 5.74) is 0.659. The van der Waals surface area contributed by atoms with Crippen LogP contribution in [-0.2, 0) is 19.1 Å². The van der Waals surface area contributed by atoms with E-state index in [0.717, 1.165) is 0 Å². The molecule has 1 aromatic heterocycles. The highest BCUT2D eigenvalue weighted by Gasteiger charge is 2.28. The normalized spacial score (nSPS) is 11.6. The molecule has 23 heavy (non-hydrogen) atoms. The molecule has 0 saturated heterocycles. The first-order chi connectivity index (χ1) is 10.9. The molecule has 0 amide bonds. The topological polar surface area (TPSA) is 78.6 Å². The second-order valence-electron chi connectivity index (χ2n) is 4.63. The molecule has 2 rings (SSSR count). The van der Waals surface area contributed by atoms with E-state index in [0.29, 0.717) is 11.3 Å². The number of nitrogens with zero attached hydrogens (tertiary/aromatic N) is 1. The van der Waals surface area contributed by atoms with Crippen LogP contribution in [0.3, 0.4) is 0 Å². The maximum absolute atomic E-state index is 12.9. The minimum atomic E-state index is -1.13. The maximum Gasteiger partial charge on any atom is 0.337 e. The van der Waals surface area contributed by atoms with Gasteiger partial charge in [0.15, 0.2) is 11.9 Å². The van der Waals surface area contributed by atoms with Crippen LogP contribution >= 0.6 is 0 Å². The predicted octanol–water partition coefficient (Wildman–Crippen LogP) is 2.81. The van der Waals surface area contributed by atoms with Crippen LogP contribution in [0.1, 0.15) is 18.7 Å². The molecule has 1 unspecified atom stereocenters. The Hall–Kier alpha value is -2.96. The Morgan fingerprint density at radius 3 is 2.52 bits per heavy atom. The smallest absolute Gasteiger partial charge is 0.337 e. The largest absolute Gasteiger partial charge is 0.466 e. The lowest BCUT2D eigenvalue weighted by Gasteiger charge is -2.15. The lowest BCUT2D eigenvalue weighted by atomic mass is 10.1. The number of hydrogen-bond donors (Lipinski definition) is 0. The molecule has 0 aliphatic heterocycles. The van der Waals surface area contributed by atoms with E-state index in [2.05, 4.69) is 16.5 Å². The Morgan fingerprint density at radius 2 is 1.96 bits per heavy atom. The standard InChI is InChI=1S/C16H14FNO5/c1-9(16(20)21-3)15(22-10(2)19)13-8-14(23-18-13)11-4-6-12(17)7-5-11/h4-8,15H,1H2,2-3H3. The number of carbonyl (C=O) groups excluding carboxylic acids is 2. The number of rotatable bonds is 5. The fourth-order valence-corrected chi connectivity index (χ4v) is 1.88. The SMILES string of the molecule is C=C(C(=O)OC)C(OC(C)=O)c1cc(-c2ccc(F)cc2)on1. The molecule has 0 aliphatic carbocycles. The van der Waals surface area contributed by atoms with Crippen molar-refractivity contribution in [3.05, 3.63) is 54.0 Å². The highest BCUT2D eigenvalue weighted by Crippen LogP contribution is 2.29. The second kappa shape index (κ2) is 6.87. The number of benzene rings is 1. The van der Waals surface area contributed by atoms with E-state index in [1.807, 2.05) is 0 Å². The summed E-state index contributed by atoms with van der Waals surface area (Å²) in [5.74, 6) is -1.41. The molecule has 0 aliphatic rings. The van der Waals surface area contributed by atoms with Crippen LogP contribution < -0.4 is 0 Å². The van der Waals surface area contributed by atoms with E-state index in [-0.39, 0.29) is 17.1 Å². The van der Waals surface area contributed by atoms with Gasteiger partial charge in [0.05, 0.1) is 12.7 Å². The molecule has 0 fully saturated rings. The van der Waals surface area contributed by atoms with Gasteiger partial charge in [-0.15, -0.1) is 0 Å². The number of carbonyl (C=O) groups is 2. The van der Waals surface area contributed by atoms with E-state index >= 15 is 0 Å². The van der Waals surface area contributed by atoms with E-state index in [4.69, 9.17) is 9.26 Å². The molecule has 1 atom stereocenters. The van der Waals surface area contributed by atoms with Gasteiger partial charge >= 0.3 is 11.9 Å². The van der Waals surface area contributed by atoms with Crippen LogP contribution in [0, 0.1) is 5.82 Å². The van der Waals surface area contributed by atoms with Crippen molar-refractivity contribution in [1.29, 1.82) is 0 Å². The third-order valence-corrected chi connectivity index (χ3v) is 2.97. The Kier molecular flexibility index (Phi) is 4.90. The predicted molar refractivity (Wildman–Crippen MR) is 77.6 cm³/mol. The average Bonchev–Trinajstić information content (AvgIpc) is 3.01. The van der Waals surface area contributed by atoms with Crippen molar-refractivity contribution in [2.75, 3.05) is 7.11 Å². The van der Waals surface area contributed by atoms with Crippen molar-refractivity contribution < 1.29 is 28.0 Å². The summed E-state index contributed by atoms with van der Waals surface area (Å²) in [6.07, 6.45) is -1.13. The van der Waals surface area contributed by atoms with Gasteiger partial charge in [0.1, 0.15) is 11.5 Å². The van der Waals surface area contributed by atoms with Gasteiger partial charge in [-0.05, 0) is 24.3 Å². The minimum absolute atomic E-state index is 0.0957. The number of esters is 2. The molecule has 0 N–H and O–H groups in total. The quantitative estimate of drug-likeness (QED) is 0.623. The van der Waals surface area contributed by atoms with Crippen LogP contribution in [0.15, 0.2) is 47.0 Å². The fourth-order valence-electron chi connectivity index (χ4n) is 1.88. The van der Waals surface area contributed by atoms with Gasteiger partial charge in [0.2, 0.25) is 0 Å². The van der Waals surface area contributed by atoms with E-state index in [1.54, 1.807) is 0 Å². The number of aromatic nitrogens is 1. The lowest BCUT2D eigenvalue weighted by Crippen LogP contribution is -2.17. The lowest BCUT2D eigenvalue weighted by molar-refractivity contribution is -0.147. The first-order valence-corrected chi connectivity index (χ1v) is 6.59. The number of ether oxygens (including phenoxy) is 2. The summed E-state index contributed by atoms with van der Waals surface area (Å²) >= 11 is 0. The summed E-state index contributed by atoms with van der Waals surface area (Å²) < 4.78 is 27.7. The molecular formula is C16H14FNO5. The van der Waals surface area contributed by atoms with Gasteiger partial charge in [0, 0.05) is 18.6 Å². The van der Waals surface area contributed by atoms with Crippen molar-refractivity contribution in [2.45, 2.75) is 13.0 Å². The summed E-state index contributed by atoms with van der Waals surface area (Å²) in [7, 11) is 1.19. The molecule has 0 bridgehead atoms. The van der Waals surface area contributed by atoms with Crippen LogP contribution in [0.25, 0.3) is 11.3 Å². The van der Waals surface area contributed by atoms with Crippen LogP contribution in [-0.4, -0.2) is 24.2 Å². The Morgan fingerprint density at radius 1 is 1.30 bits per heavy atom. The molecule has 7 heteroatoms. The number of hydrogen-bond acceptors (Lipinski definition) is 6. The molecule has 1 aromatic carbocycles. The molecule has 120 valence electrons. The van der Waals surface area contributed by atoms with E-state index < -0.39 is 18.0 Å². The van der Waals surface area contributed by atoms with Gasteiger partial charge in [-0.3, -0.25) is 4.79 Å². The van der Waals surface area contributed by atoms with Crippen molar-refractivity contribution in [1.82, 2.24) is 5.16 Å². The van der Waals surface area contributed by atoms with Crippen molar-refractivity contribution in [2.24, 2.45) is 0 Å². The molecule has 0 spiro atoms. The zero-order valence-corrected chi connectivity index (χ0v) is 12.5. The first kappa shape index (κ1) is 16.4. The monoisotopic (exact) mass is 319 g/mol. The van der Waals surface area contributed by atoms with Gasteiger partial charge in [-0.2, -0.15) is 0 Å². The average molecular weight is 319 g/mol. The van der Waals surface area contributed by atoms with Gasteiger partial charge in [0.25, 0.3) is 0 Å². The van der Waals surface area contributed by atoms with Crippen LogP contribution in [0.5, 0.6) is 0 Å². The maximum atomic E-state index is 12.9. The third kappa shape index (κ3) is 3.82. The number of methoxy groups -OCH3 is 1. The Labute approximate surface area is 131 Å². The van der Waals surface area contributed by atoms with Gasteiger partial charge in [-0.1, -0.05) is 11.7 Å². The zero-order chi connectivity index (χ0) is 17.0. The van der Waals surface area contributed by atoms with Crippen molar-refractivity contribution in [3.8, 4) is 11.3 Å². The first-order valence-electron chi connectivity index (χ1n) is 6.59. The third-order valence-electron chi connectivity index (χ3n) is 2.97. The van der Waals surface area contributed by atoms with Crippen LogP contribution in [0.2, 0.25) is 0 Å². The summed E-state index contributed by atoms with van der Waals surface area (Å²) in [4.78, 5) is 22.9. The van der Waals surface area contributed by atoms with Crippen molar-refractivity contribution in [3.63, 3.8) is 0 Å². The number of halogens is 1. The molecule has 6 nitrogen and oxygen atoms in total. The van der Waals surface area contributed by atoms with Crippen LogP contribution in [0.4, 0.5) is 4.39 Å². The molecule has 2 aromatic rings. The highest BCUT2D eigenvalue weighted by molar-refractivity contribution is 5.89. The van der Waals surface area contributed by atoms with Gasteiger partial charge < -0.3 is 14.0 Å². The Balaban J connectivity index is 2.33. The van der Waals surface area contributed by atoms with Gasteiger partial charge in [-0.25, -0.2) is 9.18 Å². The Bertz CT molecular complexity index is 735. The van der Waals surface area contributed by atoms with Crippen molar-refractivity contribution >= 4 is 11.9 Å². The minimum Gasteiger partial charge on any atom is -0.466 e. The molecular weight excluding hydrogens is 305 g/mol. The second-order valence-corrected chi connectivity index (χ2v) is 4.63. The zero-order valence-electron chi connectivity index (χ0n) is 12.5. The van der Waals surface area contributed by atoms with E-state index in [9.17, 15) is 14.0 Å². The molecule has 0 radical (unpaired) electrons. The molecule has 1 heterocycles. The highest BCUT2D eigenvalue weighted by atomic mass is 19.1. The summed E-state index contributed by atoms with van der Waals surface area (Å²) in [6.45, 7) is 4.76. The summed E-state index contributed by atoms with van der Waals surface area (Å²) in [5, 5.41) is 3.79.